The number of carboxylic acid groups (broad SMARTS) is 1. The second-order valence-corrected chi connectivity index (χ2v) is 28.1. The minimum absolute atomic E-state index is 0.0384. The third-order valence-corrected chi connectivity index (χ3v) is 22.6. The Hall–Kier alpha value is -2.20. The smallest absolute Gasteiger partial charge is 0.481 e. The summed E-state index contributed by atoms with van der Waals surface area (Å²) in [5.41, 5.74) is 4.95. The summed E-state index contributed by atoms with van der Waals surface area (Å²) in [6.07, 6.45) is 18.2. The normalized spacial score (nSPS) is 17.6. The summed E-state index contributed by atoms with van der Waals surface area (Å²) < 4.78 is 29.0. The van der Waals surface area contributed by atoms with Crippen molar-refractivity contribution in [3.63, 3.8) is 0 Å². The van der Waals surface area contributed by atoms with Crippen molar-refractivity contribution in [3.8, 4) is 5.75 Å². The first-order valence-corrected chi connectivity index (χ1v) is 35.7. The van der Waals surface area contributed by atoms with E-state index in [2.05, 4.69) is 16.4 Å². The minimum atomic E-state index is -0.966. The quantitative estimate of drug-likeness (QED) is 0.00517. The van der Waals surface area contributed by atoms with Gasteiger partial charge in [-0.25, -0.2) is 4.79 Å². The van der Waals surface area contributed by atoms with Gasteiger partial charge in [0, 0.05) is 81.8 Å². The van der Waals surface area contributed by atoms with Crippen LogP contribution in [-0.4, -0.2) is 165 Å². The molecule has 0 spiro atoms. The number of hydrazine groups is 1. The number of nitro benzene ring substituents is 1. The van der Waals surface area contributed by atoms with Crippen molar-refractivity contribution >= 4 is 128 Å². The van der Waals surface area contributed by atoms with Crippen LogP contribution < -0.4 is 22.2 Å². The van der Waals surface area contributed by atoms with Gasteiger partial charge in [-0.15, -0.1) is 0 Å². The summed E-state index contributed by atoms with van der Waals surface area (Å²) in [5.74, 6) is 11.3. The Balaban J connectivity index is 0.00000103. The lowest BCUT2D eigenvalue weighted by Gasteiger charge is -2.08. The Morgan fingerprint density at radius 2 is 0.848 bits per heavy atom. The molecular weight excluding hydrogens is 1190 g/mol. The maximum Gasteiger partial charge on any atom is 0.513 e. The van der Waals surface area contributed by atoms with Crippen LogP contribution in [0.5, 0.6) is 5.75 Å². The van der Waals surface area contributed by atoms with Gasteiger partial charge in [0.15, 0.2) is 0 Å². The SMILES string of the molecule is NCC(=O)OCCOC(=O)CCCCC1CCSS1.NN.O=C(CCCCC1CCSS1)OCCO.O=C(CCCCC1CCSS1)OCCOC(=O)Oc1ccc([N+](=O)[O-])cc1.O=C(O)CCCCC1CCSS1.OCCO. The van der Waals surface area contributed by atoms with E-state index in [0.717, 1.165) is 73.5 Å². The molecule has 0 bridgehead atoms. The lowest BCUT2D eigenvalue weighted by Crippen LogP contribution is -2.20. The molecule has 4 atom stereocenters. The molecule has 0 amide bonds. The number of aliphatic carboxylic acids is 1. The predicted molar refractivity (Wildman–Crippen MR) is 323 cm³/mol. The van der Waals surface area contributed by atoms with Gasteiger partial charge in [0.1, 0.15) is 38.8 Å². The Bertz CT molecular complexity index is 1730. The van der Waals surface area contributed by atoms with Crippen molar-refractivity contribution in [2.45, 2.75) is 149 Å². The van der Waals surface area contributed by atoms with Crippen LogP contribution >= 0.6 is 86.4 Å². The zero-order valence-corrected chi connectivity index (χ0v) is 51.4. The molecular formula is C49H84N4O18S8. The highest BCUT2D eigenvalue weighted by Crippen LogP contribution is 2.42. The van der Waals surface area contributed by atoms with Crippen molar-refractivity contribution in [2.75, 3.05) is 82.4 Å². The molecule has 5 rings (SSSR count). The maximum absolute atomic E-state index is 11.6. The Kier molecular flexibility index (Phi) is 53.5. The number of esters is 4. The van der Waals surface area contributed by atoms with E-state index in [-0.39, 0.29) is 88.7 Å². The average molecular weight is 1270 g/mol. The summed E-state index contributed by atoms with van der Waals surface area (Å²) >= 11 is 0. The van der Waals surface area contributed by atoms with Gasteiger partial charge in [-0.3, -0.25) is 45.8 Å². The van der Waals surface area contributed by atoms with Gasteiger partial charge < -0.3 is 54.6 Å². The molecule has 4 heterocycles. The van der Waals surface area contributed by atoms with E-state index >= 15 is 0 Å². The molecule has 4 aliphatic rings. The number of unbranched alkanes of at least 4 members (excludes halogenated alkanes) is 4. The Labute approximate surface area is 496 Å². The third-order valence-electron chi connectivity index (χ3n) is 10.6. The van der Waals surface area contributed by atoms with Crippen LogP contribution in [0, 0.1) is 10.1 Å². The van der Waals surface area contributed by atoms with Crippen molar-refractivity contribution in [1.82, 2.24) is 0 Å². The summed E-state index contributed by atoms with van der Waals surface area (Å²) in [5, 5.41) is 45.7. The number of nitrogens with zero attached hydrogens (tertiary/aromatic N) is 1. The van der Waals surface area contributed by atoms with Crippen LogP contribution in [-0.2, 0) is 47.7 Å². The second-order valence-electron chi connectivity index (χ2n) is 16.9. The maximum atomic E-state index is 11.6. The summed E-state index contributed by atoms with van der Waals surface area (Å²) in [7, 11) is 15.6. The average Bonchev–Trinajstić information content (AvgIpc) is 4.34. The number of rotatable bonds is 32. The fourth-order valence-electron chi connectivity index (χ4n) is 6.62. The van der Waals surface area contributed by atoms with Gasteiger partial charge in [0.25, 0.3) is 5.69 Å². The molecule has 0 aromatic heterocycles. The number of hydrogen-bond donors (Lipinski definition) is 7. The molecule has 1 aromatic carbocycles. The van der Waals surface area contributed by atoms with Crippen molar-refractivity contribution < 1.29 is 82.5 Å². The minimum Gasteiger partial charge on any atom is -0.481 e. The third kappa shape index (κ3) is 47.9. The number of nitro groups is 1. The number of aliphatic hydroxyl groups is 3. The number of carbonyl (C=O) groups excluding carboxylic acids is 5. The standard InChI is InChI=1S/C17H21NO7S2.C12H21NO4S2.C10H18O3S2.C8H14O2S2.C2H6O2.H4N2/c19-16(4-2-1-3-15-9-12-26-27-15)23-10-11-24-17(20)25-14-7-5-13(6-8-14)18(21)22;13-9-12(15)17-7-6-16-11(14)4-2-1-3-10-5-8-18-19-10;11-6-7-13-10(12)4-2-1-3-9-5-8-14-15-9;9-8(10)4-2-1-3-7-5-6-11-12-7;3-1-2-4;1-2/h5-8,15H,1-4,9-12H2;10H,1-9,13H2;9,11H,1-8H2;7H,1-6H2,(H,9,10);3-4H,1-2H2;1-2H2. The van der Waals surface area contributed by atoms with E-state index in [0.29, 0.717) is 30.9 Å². The van der Waals surface area contributed by atoms with Crippen LogP contribution in [0.1, 0.15) is 128 Å². The number of carbonyl (C=O) groups is 6. The molecule has 0 aliphatic carbocycles. The van der Waals surface area contributed by atoms with Gasteiger partial charge in [-0.2, -0.15) is 0 Å². The van der Waals surface area contributed by atoms with E-state index in [1.807, 2.05) is 86.4 Å². The summed E-state index contributed by atoms with van der Waals surface area (Å²) in [6.45, 7) is -0.310. The lowest BCUT2D eigenvalue weighted by molar-refractivity contribution is -0.384. The van der Waals surface area contributed by atoms with E-state index < -0.39 is 23.0 Å². The zero-order valence-electron chi connectivity index (χ0n) is 44.9. The van der Waals surface area contributed by atoms with Gasteiger partial charge in [0.2, 0.25) is 0 Å². The van der Waals surface area contributed by atoms with Crippen LogP contribution in [0.3, 0.4) is 0 Å². The molecule has 1 aromatic rings. The van der Waals surface area contributed by atoms with Gasteiger partial charge >= 0.3 is 36.0 Å². The molecule has 456 valence electrons. The molecule has 0 radical (unpaired) electrons. The molecule has 22 nitrogen and oxygen atoms in total. The van der Waals surface area contributed by atoms with Crippen molar-refractivity contribution in [2.24, 2.45) is 17.4 Å². The molecule has 4 unspecified atom stereocenters. The Morgan fingerprint density at radius 3 is 1.15 bits per heavy atom. The summed E-state index contributed by atoms with van der Waals surface area (Å²) in [4.78, 5) is 76.4. The molecule has 79 heavy (non-hydrogen) atoms. The molecule has 30 heteroatoms. The van der Waals surface area contributed by atoms with E-state index in [4.69, 9.17) is 49.8 Å². The first-order valence-electron chi connectivity index (χ1n) is 26.2. The number of benzene rings is 1. The lowest BCUT2D eigenvalue weighted by atomic mass is 10.1. The fourth-order valence-corrected chi connectivity index (χ4v) is 18.7. The number of ether oxygens (including phenoxy) is 6. The monoisotopic (exact) mass is 1270 g/mol. The highest BCUT2D eigenvalue weighted by Gasteiger charge is 2.19. The molecule has 4 fully saturated rings. The first kappa shape index (κ1) is 76.8. The van der Waals surface area contributed by atoms with Crippen molar-refractivity contribution in [1.29, 1.82) is 0 Å². The zero-order chi connectivity index (χ0) is 58.6. The number of non-ortho nitro benzene ring substituents is 1. The first-order chi connectivity index (χ1) is 38.3. The van der Waals surface area contributed by atoms with Crippen LogP contribution in [0.2, 0.25) is 0 Å². The van der Waals surface area contributed by atoms with E-state index in [9.17, 15) is 38.9 Å². The molecule has 0 saturated carbocycles. The topological polar surface area (TPSA) is 360 Å². The molecule has 4 aliphatic heterocycles. The summed E-state index contributed by atoms with van der Waals surface area (Å²) in [6, 6.07) is 5.02. The highest BCUT2D eigenvalue weighted by molar-refractivity contribution is 8.78. The number of carboxylic acids is 1. The fraction of sp³-hybridized carbons (Fsp3) is 0.755. The second kappa shape index (κ2) is 55.0. The van der Waals surface area contributed by atoms with Gasteiger partial charge in [-0.05, 0) is 89.2 Å². The van der Waals surface area contributed by atoms with E-state index in [1.165, 1.54) is 92.2 Å². The van der Waals surface area contributed by atoms with Crippen LogP contribution in [0.15, 0.2) is 24.3 Å². The number of aliphatic hydroxyl groups excluding tert-OH is 3. The predicted octanol–water partition coefficient (Wildman–Crippen LogP) is 8.92. The van der Waals surface area contributed by atoms with Gasteiger partial charge in [0.05, 0.1) is 31.3 Å². The van der Waals surface area contributed by atoms with Crippen LogP contribution in [0.25, 0.3) is 0 Å². The molecule has 10 N–H and O–H groups in total. The van der Waals surface area contributed by atoms with Crippen LogP contribution in [0.4, 0.5) is 10.5 Å². The number of hydrogen-bond acceptors (Lipinski definition) is 28. The number of nitrogens with two attached hydrogens (primary N) is 3. The molecule has 4 saturated heterocycles. The van der Waals surface area contributed by atoms with E-state index in [1.54, 1.807) is 0 Å². The highest BCUT2D eigenvalue weighted by atomic mass is 33.1. The van der Waals surface area contributed by atoms with Gasteiger partial charge in [-0.1, -0.05) is 112 Å². The Morgan fingerprint density at radius 1 is 0.506 bits per heavy atom. The largest absolute Gasteiger partial charge is 0.513 e. The van der Waals surface area contributed by atoms with Crippen molar-refractivity contribution in [3.05, 3.63) is 34.4 Å².